The van der Waals surface area contributed by atoms with Gasteiger partial charge in [-0.05, 0) is 36.8 Å². The number of amides is 1. The molecule has 0 aliphatic carbocycles. The van der Waals surface area contributed by atoms with Gasteiger partial charge >= 0.3 is 0 Å². The normalized spacial score (nSPS) is 13.7. The number of thioether (sulfide) groups is 1. The summed E-state index contributed by atoms with van der Waals surface area (Å²) in [4.78, 5) is 30.5. The summed E-state index contributed by atoms with van der Waals surface area (Å²) >= 11 is 1.52. The fourth-order valence-corrected chi connectivity index (χ4v) is 4.61. The zero-order valence-corrected chi connectivity index (χ0v) is 16.2. The van der Waals surface area contributed by atoms with Crippen LogP contribution in [0.1, 0.15) is 12.2 Å². The van der Waals surface area contributed by atoms with E-state index < -0.39 is 5.82 Å². The van der Waals surface area contributed by atoms with Crippen LogP contribution in [0.2, 0.25) is 0 Å². The van der Waals surface area contributed by atoms with Gasteiger partial charge in [0.15, 0.2) is 5.16 Å². The van der Waals surface area contributed by atoms with E-state index in [1.807, 2.05) is 0 Å². The lowest BCUT2D eigenvalue weighted by molar-refractivity contribution is -0.121. The monoisotopic (exact) mass is 412 g/mol. The lowest BCUT2D eigenvalue weighted by Gasteiger charge is -2.16. The van der Waals surface area contributed by atoms with Gasteiger partial charge < -0.3 is 14.3 Å². The number of furan rings is 1. The summed E-state index contributed by atoms with van der Waals surface area (Å²) in [5.41, 5.74) is 1.16. The number of rotatable bonds is 4. The Labute approximate surface area is 168 Å². The van der Waals surface area contributed by atoms with Gasteiger partial charge in [0.25, 0.3) is 5.56 Å². The molecule has 7 nitrogen and oxygen atoms in total. The first-order valence-electron chi connectivity index (χ1n) is 9.26. The largest absolute Gasteiger partial charge is 0.467 e. The Morgan fingerprint density at radius 2 is 2.24 bits per heavy atom. The molecule has 29 heavy (non-hydrogen) atoms. The van der Waals surface area contributed by atoms with Gasteiger partial charge in [-0.1, -0.05) is 11.8 Å². The third-order valence-corrected chi connectivity index (χ3v) is 6.05. The topological polar surface area (TPSA) is 82.1 Å². The highest BCUT2D eigenvalue weighted by Gasteiger charge is 2.22. The molecule has 0 radical (unpaired) electrons. The van der Waals surface area contributed by atoms with E-state index in [1.165, 1.54) is 30.2 Å². The van der Waals surface area contributed by atoms with Gasteiger partial charge in [0.05, 0.1) is 18.3 Å². The van der Waals surface area contributed by atoms with Gasteiger partial charge in [-0.2, -0.15) is 0 Å². The predicted octanol–water partition coefficient (Wildman–Crippen LogP) is 2.90. The zero-order valence-electron chi connectivity index (χ0n) is 15.4. The Hall–Kier alpha value is -3.07. The number of fused-ring (bicyclic) bond motifs is 4. The van der Waals surface area contributed by atoms with Crippen molar-refractivity contribution < 1.29 is 13.6 Å². The molecule has 0 unspecified atom stereocenters. The van der Waals surface area contributed by atoms with Gasteiger partial charge in [-0.25, -0.2) is 9.37 Å². The van der Waals surface area contributed by atoms with Crippen LogP contribution in [0.5, 0.6) is 0 Å². The molecule has 1 aliphatic heterocycles. The molecule has 0 fully saturated rings. The second kappa shape index (κ2) is 7.07. The van der Waals surface area contributed by atoms with Crippen molar-refractivity contribution in [1.82, 2.24) is 19.4 Å². The van der Waals surface area contributed by atoms with Crippen molar-refractivity contribution in [1.29, 1.82) is 0 Å². The molecule has 0 saturated carbocycles. The molecule has 1 aromatic carbocycles. The van der Waals surface area contributed by atoms with Crippen LogP contribution in [0.4, 0.5) is 4.39 Å². The van der Waals surface area contributed by atoms with E-state index in [0.717, 1.165) is 12.2 Å². The Morgan fingerprint density at radius 3 is 3.07 bits per heavy atom. The Kier molecular flexibility index (Phi) is 4.39. The highest BCUT2D eigenvalue weighted by atomic mass is 32.2. The standard InChI is InChI=1S/C20H17FN4O3S/c21-12-4-5-15-14(9-12)17-18(19(27)24-6-2-8-29-20(24)23-17)25(15)11-16(26)22-10-13-3-1-7-28-13/h1,3-5,7,9H,2,6,8,10-11H2,(H,22,26). The molecule has 0 bridgehead atoms. The van der Waals surface area contributed by atoms with Crippen LogP contribution < -0.4 is 10.9 Å². The molecule has 0 atom stereocenters. The molecule has 4 heterocycles. The van der Waals surface area contributed by atoms with E-state index in [0.29, 0.717) is 39.4 Å². The highest BCUT2D eigenvalue weighted by molar-refractivity contribution is 7.99. The maximum Gasteiger partial charge on any atom is 0.278 e. The molecular formula is C20H17FN4O3S. The minimum Gasteiger partial charge on any atom is -0.467 e. The lowest BCUT2D eigenvalue weighted by Crippen LogP contribution is -2.30. The molecule has 3 aromatic heterocycles. The van der Waals surface area contributed by atoms with E-state index in [-0.39, 0.29) is 24.6 Å². The van der Waals surface area contributed by atoms with Crippen LogP contribution in [-0.4, -0.2) is 25.8 Å². The highest BCUT2D eigenvalue weighted by Crippen LogP contribution is 2.30. The van der Waals surface area contributed by atoms with Gasteiger partial charge in [-0.3, -0.25) is 14.2 Å². The SMILES string of the molecule is O=C(Cn1c2ccc(F)cc2c2nc3n(c(=O)c21)CCCS3)NCc1ccco1. The maximum atomic E-state index is 13.9. The quantitative estimate of drug-likeness (QED) is 0.521. The second-order valence-corrected chi connectivity index (χ2v) is 7.92. The average Bonchev–Trinajstić information content (AvgIpc) is 3.34. The number of nitrogens with zero attached hydrogens (tertiary/aromatic N) is 3. The number of aromatic nitrogens is 3. The molecule has 1 aliphatic rings. The van der Waals surface area contributed by atoms with Crippen LogP contribution in [0.15, 0.2) is 51.0 Å². The number of halogens is 1. The molecule has 1 amide bonds. The smallest absolute Gasteiger partial charge is 0.278 e. The van der Waals surface area contributed by atoms with Crippen LogP contribution in [0.3, 0.4) is 0 Å². The number of hydrogen-bond donors (Lipinski definition) is 1. The lowest BCUT2D eigenvalue weighted by atomic mass is 10.2. The van der Waals surface area contributed by atoms with E-state index in [9.17, 15) is 14.0 Å². The summed E-state index contributed by atoms with van der Waals surface area (Å²) in [7, 11) is 0. The summed E-state index contributed by atoms with van der Waals surface area (Å²) in [6.45, 7) is 0.765. The Morgan fingerprint density at radius 1 is 1.34 bits per heavy atom. The minimum atomic E-state index is -0.411. The van der Waals surface area contributed by atoms with E-state index in [1.54, 1.807) is 27.3 Å². The fourth-order valence-electron chi connectivity index (χ4n) is 3.67. The summed E-state index contributed by atoms with van der Waals surface area (Å²) < 4.78 is 22.4. The van der Waals surface area contributed by atoms with Gasteiger partial charge in [-0.15, -0.1) is 0 Å². The number of nitrogens with one attached hydrogen (secondary N) is 1. The molecule has 5 rings (SSSR count). The first-order valence-corrected chi connectivity index (χ1v) is 10.2. The van der Waals surface area contributed by atoms with Crippen molar-refractivity contribution >= 4 is 39.6 Å². The van der Waals surface area contributed by atoms with E-state index in [2.05, 4.69) is 10.3 Å². The third kappa shape index (κ3) is 3.11. The number of hydrogen-bond acceptors (Lipinski definition) is 5. The third-order valence-electron chi connectivity index (χ3n) is 4.98. The van der Waals surface area contributed by atoms with Gasteiger partial charge in [0.1, 0.15) is 29.2 Å². The summed E-state index contributed by atoms with van der Waals surface area (Å²) in [5, 5.41) is 3.96. The molecule has 0 saturated heterocycles. The van der Waals surface area contributed by atoms with Crippen molar-refractivity contribution in [3.63, 3.8) is 0 Å². The van der Waals surface area contributed by atoms with Crippen molar-refractivity contribution in [2.24, 2.45) is 0 Å². The molecule has 4 aromatic rings. The molecule has 9 heteroatoms. The summed E-state index contributed by atoms with van der Waals surface area (Å²) in [5.74, 6) is 0.836. The zero-order chi connectivity index (χ0) is 20.0. The molecule has 1 N–H and O–H groups in total. The van der Waals surface area contributed by atoms with Crippen molar-refractivity contribution in [3.8, 4) is 0 Å². The fraction of sp³-hybridized carbons (Fsp3) is 0.250. The summed E-state index contributed by atoms with van der Waals surface area (Å²) in [6.07, 6.45) is 2.42. The van der Waals surface area contributed by atoms with Crippen molar-refractivity contribution in [2.75, 3.05) is 5.75 Å². The molecule has 148 valence electrons. The van der Waals surface area contributed by atoms with Gasteiger partial charge in [0.2, 0.25) is 5.91 Å². The van der Waals surface area contributed by atoms with Crippen LogP contribution >= 0.6 is 11.8 Å². The van der Waals surface area contributed by atoms with Crippen LogP contribution in [0.25, 0.3) is 21.9 Å². The predicted molar refractivity (Wildman–Crippen MR) is 107 cm³/mol. The first kappa shape index (κ1) is 18.0. The number of benzene rings is 1. The van der Waals surface area contributed by atoms with Crippen molar-refractivity contribution in [3.05, 3.63) is 58.5 Å². The van der Waals surface area contributed by atoms with E-state index >= 15 is 0 Å². The number of carbonyl (C=O) groups excluding carboxylic acids is 1. The maximum absolute atomic E-state index is 13.9. The minimum absolute atomic E-state index is 0.0737. The average molecular weight is 412 g/mol. The van der Waals surface area contributed by atoms with Crippen molar-refractivity contribution in [2.45, 2.75) is 31.2 Å². The molecule has 0 spiro atoms. The first-order chi connectivity index (χ1) is 14.1. The van der Waals surface area contributed by atoms with Gasteiger partial charge in [0, 0.05) is 17.7 Å². The van der Waals surface area contributed by atoms with E-state index in [4.69, 9.17) is 4.42 Å². The molecular weight excluding hydrogens is 395 g/mol. The van der Waals surface area contributed by atoms with Crippen LogP contribution in [-0.2, 0) is 24.4 Å². The Balaban J connectivity index is 1.62. The second-order valence-electron chi connectivity index (χ2n) is 6.85. The number of carbonyl (C=O) groups is 1. The Bertz CT molecular complexity index is 1290. The summed E-state index contributed by atoms with van der Waals surface area (Å²) in [6, 6.07) is 7.79. The van der Waals surface area contributed by atoms with Crippen LogP contribution in [0, 0.1) is 5.82 Å².